The molecule has 0 saturated carbocycles. The topological polar surface area (TPSA) is 56.1 Å². The lowest BCUT2D eigenvalue weighted by molar-refractivity contribution is -0.894. The highest BCUT2D eigenvalue weighted by atomic mass is 32.1. The number of methoxy groups -OCH3 is 1. The molecule has 160 valence electrons. The number of benzene rings is 2. The Bertz CT molecular complexity index is 967. The lowest BCUT2D eigenvalue weighted by Crippen LogP contribution is -3.12. The van der Waals surface area contributed by atoms with Gasteiger partial charge in [-0.3, -0.25) is 9.69 Å². The number of ether oxygens (including phenoxy) is 2. The van der Waals surface area contributed by atoms with Crippen LogP contribution >= 0.6 is 11.3 Å². The van der Waals surface area contributed by atoms with Gasteiger partial charge in [0.25, 0.3) is 5.91 Å². The summed E-state index contributed by atoms with van der Waals surface area (Å²) in [5.74, 6) is 1.48. The van der Waals surface area contributed by atoms with Crippen LogP contribution in [-0.2, 0) is 0 Å². The predicted octanol–water partition coefficient (Wildman–Crippen LogP) is 3.28. The summed E-state index contributed by atoms with van der Waals surface area (Å²) < 4.78 is 11.9. The molecule has 30 heavy (non-hydrogen) atoms. The SMILES string of the molecule is CCOc1ccc(C(=O)N(CC[NH+](CC)CC)c2nc3cc(OC)ccc3s2)cc1. The van der Waals surface area contributed by atoms with Gasteiger partial charge in [0.15, 0.2) is 5.13 Å². The molecular formula is C23H30N3O3S+. The van der Waals surface area contributed by atoms with Gasteiger partial charge in [0.1, 0.15) is 11.5 Å². The van der Waals surface area contributed by atoms with E-state index in [0.717, 1.165) is 41.3 Å². The molecule has 7 heteroatoms. The summed E-state index contributed by atoms with van der Waals surface area (Å²) in [6.45, 7) is 10.4. The number of carbonyl (C=O) groups is 1. The van der Waals surface area contributed by atoms with E-state index in [1.54, 1.807) is 12.0 Å². The molecule has 0 aliphatic heterocycles. The average molecular weight is 429 g/mol. The number of quaternary nitrogens is 1. The van der Waals surface area contributed by atoms with E-state index in [4.69, 9.17) is 14.5 Å². The van der Waals surface area contributed by atoms with Gasteiger partial charge in [-0.2, -0.15) is 0 Å². The Morgan fingerprint density at radius 2 is 1.77 bits per heavy atom. The minimum atomic E-state index is -0.0457. The number of thiazole rings is 1. The van der Waals surface area contributed by atoms with Crippen molar-refractivity contribution in [2.24, 2.45) is 0 Å². The zero-order valence-electron chi connectivity index (χ0n) is 18.1. The Labute approximate surface area is 182 Å². The van der Waals surface area contributed by atoms with Crippen molar-refractivity contribution < 1.29 is 19.2 Å². The minimum absolute atomic E-state index is 0.0457. The summed E-state index contributed by atoms with van der Waals surface area (Å²) in [7, 11) is 1.64. The Balaban J connectivity index is 1.92. The predicted molar refractivity (Wildman–Crippen MR) is 122 cm³/mol. The summed E-state index contributed by atoms with van der Waals surface area (Å²) in [4.78, 5) is 21.4. The zero-order valence-corrected chi connectivity index (χ0v) is 18.9. The summed E-state index contributed by atoms with van der Waals surface area (Å²) in [5.41, 5.74) is 1.47. The summed E-state index contributed by atoms with van der Waals surface area (Å²) in [6, 6.07) is 13.1. The molecule has 0 spiro atoms. The van der Waals surface area contributed by atoms with Crippen molar-refractivity contribution in [1.82, 2.24) is 4.98 Å². The summed E-state index contributed by atoms with van der Waals surface area (Å²) in [6.07, 6.45) is 0. The van der Waals surface area contributed by atoms with Gasteiger partial charge in [-0.1, -0.05) is 11.3 Å². The van der Waals surface area contributed by atoms with Gasteiger partial charge in [0, 0.05) is 11.6 Å². The summed E-state index contributed by atoms with van der Waals surface area (Å²) in [5, 5.41) is 0.712. The molecule has 1 N–H and O–H groups in total. The number of nitrogens with zero attached hydrogens (tertiary/aromatic N) is 2. The molecule has 0 aliphatic carbocycles. The largest absolute Gasteiger partial charge is 0.497 e. The van der Waals surface area contributed by atoms with Gasteiger partial charge < -0.3 is 14.4 Å². The molecule has 3 rings (SSSR count). The van der Waals surface area contributed by atoms with Crippen LogP contribution in [0.2, 0.25) is 0 Å². The molecule has 6 nitrogen and oxygen atoms in total. The van der Waals surface area contributed by atoms with Crippen molar-refractivity contribution in [3.8, 4) is 11.5 Å². The van der Waals surface area contributed by atoms with Gasteiger partial charge in [0.2, 0.25) is 0 Å². The van der Waals surface area contributed by atoms with E-state index >= 15 is 0 Å². The standard InChI is InChI=1S/C23H29N3O3S/c1-5-25(6-2)14-15-26(22(27)17-8-10-18(11-9-17)29-7-3)23-24-20-16-19(28-4)12-13-21(20)30-23/h8-13,16H,5-7,14-15H2,1-4H3/p+1. The molecule has 0 fully saturated rings. The molecule has 3 aromatic rings. The fraction of sp³-hybridized carbons (Fsp3) is 0.391. The number of rotatable bonds is 10. The van der Waals surface area contributed by atoms with E-state index in [1.165, 1.54) is 16.2 Å². The van der Waals surface area contributed by atoms with Crippen molar-refractivity contribution in [1.29, 1.82) is 0 Å². The molecule has 2 aromatic carbocycles. The minimum Gasteiger partial charge on any atom is -0.497 e. The number of carbonyl (C=O) groups excluding carboxylic acids is 1. The van der Waals surface area contributed by atoms with Crippen molar-refractivity contribution >= 4 is 32.6 Å². The van der Waals surface area contributed by atoms with Gasteiger partial charge in [0.05, 0.1) is 50.1 Å². The average Bonchev–Trinajstić information content (AvgIpc) is 3.20. The van der Waals surface area contributed by atoms with E-state index in [2.05, 4.69) is 13.8 Å². The van der Waals surface area contributed by atoms with Crippen LogP contribution in [0.25, 0.3) is 10.2 Å². The highest BCUT2D eigenvalue weighted by Crippen LogP contribution is 2.32. The third-order valence-corrected chi connectivity index (χ3v) is 6.22. The molecule has 0 unspecified atom stereocenters. The Kier molecular flexibility index (Phi) is 7.65. The highest BCUT2D eigenvalue weighted by molar-refractivity contribution is 7.22. The number of fused-ring (bicyclic) bond motifs is 1. The normalized spacial score (nSPS) is 11.1. The quantitative estimate of drug-likeness (QED) is 0.539. The molecule has 0 bridgehead atoms. The number of anilines is 1. The van der Waals surface area contributed by atoms with Gasteiger partial charge in [-0.05, 0) is 57.2 Å². The third-order valence-electron chi connectivity index (χ3n) is 5.16. The van der Waals surface area contributed by atoms with Crippen LogP contribution in [-0.4, -0.2) is 50.8 Å². The van der Waals surface area contributed by atoms with E-state index < -0.39 is 0 Å². The molecule has 1 amide bonds. The lowest BCUT2D eigenvalue weighted by Gasteiger charge is -2.23. The first kappa shape index (κ1) is 22.1. The van der Waals surface area contributed by atoms with Crippen LogP contribution in [0.3, 0.4) is 0 Å². The fourth-order valence-corrected chi connectivity index (χ4v) is 4.28. The molecule has 0 radical (unpaired) electrons. The van der Waals surface area contributed by atoms with Crippen LogP contribution in [0, 0.1) is 0 Å². The second-order valence-corrected chi connectivity index (χ2v) is 7.96. The molecule has 0 saturated heterocycles. The molecule has 1 aromatic heterocycles. The van der Waals surface area contributed by atoms with Crippen LogP contribution in [0.1, 0.15) is 31.1 Å². The number of aromatic nitrogens is 1. The monoisotopic (exact) mass is 428 g/mol. The first-order chi connectivity index (χ1) is 14.6. The zero-order chi connectivity index (χ0) is 21.5. The first-order valence-corrected chi connectivity index (χ1v) is 11.2. The number of likely N-dealkylation sites (N-methyl/N-ethyl adjacent to an activating group) is 1. The van der Waals surface area contributed by atoms with Crippen LogP contribution in [0.15, 0.2) is 42.5 Å². The number of hydrogen-bond donors (Lipinski definition) is 1. The Morgan fingerprint density at radius 1 is 1.07 bits per heavy atom. The van der Waals surface area contributed by atoms with Gasteiger partial charge >= 0.3 is 0 Å². The number of hydrogen-bond acceptors (Lipinski definition) is 5. The maximum absolute atomic E-state index is 13.4. The van der Waals surface area contributed by atoms with Crippen LogP contribution in [0.5, 0.6) is 11.5 Å². The molecular weight excluding hydrogens is 398 g/mol. The second-order valence-electron chi connectivity index (χ2n) is 6.95. The summed E-state index contributed by atoms with van der Waals surface area (Å²) >= 11 is 1.53. The van der Waals surface area contributed by atoms with Crippen molar-refractivity contribution in [2.75, 3.05) is 44.8 Å². The maximum Gasteiger partial charge on any atom is 0.260 e. The Hall–Kier alpha value is -2.64. The highest BCUT2D eigenvalue weighted by Gasteiger charge is 2.23. The van der Waals surface area contributed by atoms with Crippen LogP contribution in [0.4, 0.5) is 5.13 Å². The smallest absolute Gasteiger partial charge is 0.260 e. The Morgan fingerprint density at radius 3 is 2.40 bits per heavy atom. The molecule has 0 aliphatic rings. The second kappa shape index (κ2) is 10.4. The van der Waals surface area contributed by atoms with E-state index in [1.807, 2.05) is 49.4 Å². The number of nitrogens with one attached hydrogen (secondary N) is 1. The number of amides is 1. The van der Waals surface area contributed by atoms with Crippen LogP contribution < -0.4 is 19.3 Å². The van der Waals surface area contributed by atoms with E-state index in [9.17, 15) is 4.79 Å². The lowest BCUT2D eigenvalue weighted by atomic mass is 10.2. The molecule has 1 heterocycles. The van der Waals surface area contributed by atoms with Gasteiger partial charge in [-0.25, -0.2) is 4.98 Å². The van der Waals surface area contributed by atoms with E-state index in [-0.39, 0.29) is 5.91 Å². The fourth-order valence-electron chi connectivity index (χ4n) is 3.31. The van der Waals surface area contributed by atoms with E-state index in [0.29, 0.717) is 23.8 Å². The van der Waals surface area contributed by atoms with Crippen molar-refractivity contribution in [2.45, 2.75) is 20.8 Å². The van der Waals surface area contributed by atoms with Crippen molar-refractivity contribution in [3.05, 3.63) is 48.0 Å². The molecule has 0 atom stereocenters. The maximum atomic E-state index is 13.4. The van der Waals surface area contributed by atoms with Gasteiger partial charge in [-0.15, -0.1) is 0 Å². The third kappa shape index (κ3) is 5.09. The first-order valence-electron chi connectivity index (χ1n) is 10.4. The van der Waals surface area contributed by atoms with Crippen molar-refractivity contribution in [3.63, 3.8) is 0 Å².